The van der Waals surface area contributed by atoms with Gasteiger partial charge in [0.1, 0.15) is 12.1 Å². The molecule has 128 valence electrons. The minimum Gasteiger partial charge on any atom is -0.480 e. The van der Waals surface area contributed by atoms with Crippen molar-refractivity contribution in [2.75, 3.05) is 6.61 Å². The van der Waals surface area contributed by atoms with Crippen molar-refractivity contribution in [2.45, 2.75) is 52.2 Å². The van der Waals surface area contributed by atoms with E-state index in [-0.39, 0.29) is 11.8 Å². The number of nitrogens with two attached hydrogens (primary N) is 1. The summed E-state index contributed by atoms with van der Waals surface area (Å²) in [5, 5.41) is 22.9. The summed E-state index contributed by atoms with van der Waals surface area (Å²) in [5.41, 5.74) is 5.70. The van der Waals surface area contributed by atoms with Gasteiger partial charge in [0.2, 0.25) is 11.8 Å². The average Bonchev–Trinajstić information content (AvgIpc) is 2.39. The average molecular weight is 317 g/mol. The molecule has 0 aliphatic carbocycles. The zero-order chi connectivity index (χ0) is 17.4. The molecule has 3 atom stereocenters. The highest BCUT2D eigenvalue weighted by Crippen LogP contribution is 2.04. The Balaban J connectivity index is 4.72. The van der Waals surface area contributed by atoms with Crippen molar-refractivity contribution in [2.24, 2.45) is 17.6 Å². The van der Waals surface area contributed by atoms with Crippen molar-refractivity contribution < 1.29 is 24.6 Å². The van der Waals surface area contributed by atoms with E-state index in [1.807, 2.05) is 13.8 Å². The van der Waals surface area contributed by atoms with Crippen LogP contribution in [0.25, 0.3) is 0 Å². The van der Waals surface area contributed by atoms with Crippen LogP contribution in [0.15, 0.2) is 0 Å². The van der Waals surface area contributed by atoms with E-state index in [9.17, 15) is 19.5 Å². The summed E-state index contributed by atoms with van der Waals surface area (Å²) in [6, 6.07) is -3.11. The fraction of sp³-hybridized carbons (Fsp3) is 0.786. The summed E-state index contributed by atoms with van der Waals surface area (Å²) in [4.78, 5) is 34.9. The number of hydrogen-bond acceptors (Lipinski definition) is 5. The van der Waals surface area contributed by atoms with Gasteiger partial charge in [-0.2, -0.15) is 0 Å². The van der Waals surface area contributed by atoms with Gasteiger partial charge in [-0.3, -0.25) is 9.59 Å². The van der Waals surface area contributed by atoms with Gasteiger partial charge in [-0.15, -0.1) is 0 Å². The van der Waals surface area contributed by atoms with E-state index in [0.29, 0.717) is 6.42 Å². The fourth-order valence-electron chi connectivity index (χ4n) is 1.86. The maximum Gasteiger partial charge on any atom is 0.326 e. The van der Waals surface area contributed by atoms with Crippen molar-refractivity contribution >= 4 is 17.8 Å². The number of amides is 2. The summed E-state index contributed by atoms with van der Waals surface area (Å²) < 4.78 is 0. The number of rotatable bonds is 9. The quantitative estimate of drug-likeness (QED) is 0.372. The van der Waals surface area contributed by atoms with Crippen LogP contribution in [-0.2, 0) is 14.4 Å². The summed E-state index contributed by atoms with van der Waals surface area (Å²) in [6.07, 6.45) is 0.440. The van der Waals surface area contributed by atoms with Gasteiger partial charge in [0.25, 0.3) is 0 Å². The van der Waals surface area contributed by atoms with Gasteiger partial charge in [0.15, 0.2) is 0 Å². The van der Waals surface area contributed by atoms with E-state index in [1.165, 1.54) is 0 Å². The molecule has 0 aliphatic heterocycles. The van der Waals surface area contributed by atoms with E-state index < -0.39 is 42.5 Å². The zero-order valence-corrected chi connectivity index (χ0v) is 13.5. The van der Waals surface area contributed by atoms with Gasteiger partial charge in [0, 0.05) is 0 Å². The summed E-state index contributed by atoms with van der Waals surface area (Å²) in [7, 11) is 0. The number of carboxylic acids is 1. The van der Waals surface area contributed by atoms with Gasteiger partial charge in [-0.05, 0) is 18.3 Å². The normalized spacial score (nSPS) is 15.3. The number of carbonyl (C=O) groups excluding carboxylic acids is 2. The molecule has 0 fully saturated rings. The molecule has 8 heteroatoms. The summed E-state index contributed by atoms with van der Waals surface area (Å²) in [6.45, 7) is 6.46. The lowest BCUT2D eigenvalue weighted by atomic mass is 10.0. The van der Waals surface area contributed by atoms with Gasteiger partial charge in [-0.1, -0.05) is 27.7 Å². The second-order valence-corrected chi connectivity index (χ2v) is 6.05. The van der Waals surface area contributed by atoms with Crippen LogP contribution in [0, 0.1) is 11.8 Å². The molecule has 6 N–H and O–H groups in total. The van der Waals surface area contributed by atoms with E-state index in [1.54, 1.807) is 13.8 Å². The van der Waals surface area contributed by atoms with E-state index in [4.69, 9.17) is 10.8 Å². The number of carbonyl (C=O) groups is 3. The van der Waals surface area contributed by atoms with Crippen molar-refractivity contribution in [1.29, 1.82) is 0 Å². The Morgan fingerprint density at radius 3 is 1.95 bits per heavy atom. The van der Waals surface area contributed by atoms with Crippen molar-refractivity contribution in [3.63, 3.8) is 0 Å². The SMILES string of the molecule is CC(C)C[C@H](N)C(=O)N[C@@H](CO)C(=O)N[C@H](C(=O)O)C(C)C. The Bertz CT molecular complexity index is 398. The van der Waals surface area contributed by atoms with Crippen LogP contribution in [0.1, 0.15) is 34.1 Å². The van der Waals surface area contributed by atoms with Crippen molar-refractivity contribution in [1.82, 2.24) is 10.6 Å². The van der Waals surface area contributed by atoms with Crippen LogP contribution < -0.4 is 16.4 Å². The molecule has 0 unspecified atom stereocenters. The maximum absolute atomic E-state index is 12.0. The van der Waals surface area contributed by atoms with E-state index >= 15 is 0 Å². The number of aliphatic hydroxyl groups excluding tert-OH is 1. The second-order valence-electron chi connectivity index (χ2n) is 6.05. The molecule has 2 amide bonds. The van der Waals surface area contributed by atoms with Gasteiger partial charge in [0.05, 0.1) is 12.6 Å². The first-order valence-corrected chi connectivity index (χ1v) is 7.30. The van der Waals surface area contributed by atoms with Crippen LogP contribution in [-0.4, -0.2) is 52.7 Å². The zero-order valence-electron chi connectivity index (χ0n) is 13.5. The molecular formula is C14H27N3O5. The molecule has 22 heavy (non-hydrogen) atoms. The van der Waals surface area contributed by atoms with Crippen LogP contribution in [0.2, 0.25) is 0 Å². The lowest BCUT2D eigenvalue weighted by molar-refractivity contribution is -0.143. The highest BCUT2D eigenvalue weighted by atomic mass is 16.4. The molecule has 0 radical (unpaired) electrons. The van der Waals surface area contributed by atoms with Crippen LogP contribution in [0.4, 0.5) is 0 Å². The van der Waals surface area contributed by atoms with Crippen molar-refractivity contribution in [3.8, 4) is 0 Å². The number of aliphatic carboxylic acids is 1. The van der Waals surface area contributed by atoms with Gasteiger partial charge >= 0.3 is 5.97 Å². The lowest BCUT2D eigenvalue weighted by Gasteiger charge is -2.23. The number of hydrogen-bond donors (Lipinski definition) is 5. The molecule has 0 saturated heterocycles. The molecule has 8 nitrogen and oxygen atoms in total. The van der Waals surface area contributed by atoms with E-state index in [0.717, 1.165) is 0 Å². The first-order valence-electron chi connectivity index (χ1n) is 7.30. The second kappa shape index (κ2) is 9.37. The molecule has 0 aromatic heterocycles. The first kappa shape index (κ1) is 20.3. The van der Waals surface area contributed by atoms with Gasteiger partial charge in [-0.25, -0.2) is 4.79 Å². The molecule has 0 saturated carbocycles. The molecule has 0 aromatic rings. The maximum atomic E-state index is 12.0. The summed E-state index contributed by atoms with van der Waals surface area (Å²) in [5.74, 6) is -2.62. The molecule has 0 spiro atoms. The molecule has 0 aromatic carbocycles. The number of aliphatic hydroxyl groups is 1. The monoisotopic (exact) mass is 317 g/mol. The fourth-order valence-corrected chi connectivity index (χ4v) is 1.86. The minimum atomic E-state index is -1.23. The van der Waals surface area contributed by atoms with Crippen LogP contribution in [0.3, 0.4) is 0 Å². The third kappa shape index (κ3) is 6.86. The minimum absolute atomic E-state index is 0.208. The molecule has 0 bridgehead atoms. The first-order chi connectivity index (χ1) is 10.1. The number of carboxylic acid groups (broad SMARTS) is 1. The third-order valence-electron chi connectivity index (χ3n) is 3.11. The topological polar surface area (TPSA) is 142 Å². The molecule has 0 aliphatic rings. The molecular weight excluding hydrogens is 290 g/mol. The molecule has 0 rings (SSSR count). The van der Waals surface area contributed by atoms with Crippen molar-refractivity contribution in [3.05, 3.63) is 0 Å². The third-order valence-corrected chi connectivity index (χ3v) is 3.11. The summed E-state index contributed by atoms with van der Waals surface area (Å²) >= 11 is 0. The van der Waals surface area contributed by atoms with Crippen LogP contribution >= 0.6 is 0 Å². The van der Waals surface area contributed by atoms with Gasteiger partial charge < -0.3 is 26.6 Å². The Morgan fingerprint density at radius 2 is 1.59 bits per heavy atom. The Hall–Kier alpha value is -1.67. The smallest absolute Gasteiger partial charge is 0.326 e. The Labute approximate surface area is 130 Å². The standard InChI is InChI=1S/C14H27N3O5/c1-7(2)5-9(15)12(19)16-10(6-18)13(20)17-11(8(3)4)14(21)22/h7-11,18H,5-6,15H2,1-4H3,(H,16,19)(H,17,20)(H,21,22)/t9-,10-,11-/m0/s1. The number of nitrogens with one attached hydrogen (secondary N) is 2. The Morgan fingerprint density at radius 1 is 1.05 bits per heavy atom. The largest absolute Gasteiger partial charge is 0.480 e. The highest BCUT2D eigenvalue weighted by Gasteiger charge is 2.29. The van der Waals surface area contributed by atoms with E-state index in [2.05, 4.69) is 10.6 Å². The molecule has 0 heterocycles. The highest BCUT2D eigenvalue weighted by molar-refractivity contribution is 5.91. The van der Waals surface area contributed by atoms with Crippen LogP contribution in [0.5, 0.6) is 0 Å². The predicted molar refractivity (Wildman–Crippen MR) is 80.9 cm³/mol. The predicted octanol–water partition coefficient (Wildman–Crippen LogP) is -0.938. The lowest BCUT2D eigenvalue weighted by Crippen LogP contribution is -2.56. The Kier molecular flexibility index (Phi) is 8.66.